The molecule has 0 unspecified atom stereocenters. The summed E-state index contributed by atoms with van der Waals surface area (Å²) in [4.78, 5) is 4.22. The minimum absolute atomic E-state index is 0.627. The van der Waals surface area contributed by atoms with Gasteiger partial charge in [0.25, 0.3) is 0 Å². The van der Waals surface area contributed by atoms with Crippen molar-refractivity contribution in [2.24, 2.45) is 0 Å². The van der Waals surface area contributed by atoms with E-state index in [1.165, 1.54) is 0 Å². The second kappa shape index (κ2) is 6.55. The van der Waals surface area contributed by atoms with Crippen LogP contribution in [0.4, 0.5) is 0 Å². The van der Waals surface area contributed by atoms with Gasteiger partial charge in [-0.2, -0.15) is 0 Å². The van der Waals surface area contributed by atoms with Crippen LogP contribution in [-0.2, 0) is 30.5 Å². The van der Waals surface area contributed by atoms with Crippen LogP contribution < -0.4 is 0 Å². The van der Waals surface area contributed by atoms with Crippen molar-refractivity contribution in [1.29, 1.82) is 0 Å². The Labute approximate surface area is 165 Å². The predicted octanol–water partition coefficient (Wildman–Crippen LogP) is 5.18. The fourth-order valence-electron chi connectivity index (χ4n) is 3.35. The Morgan fingerprint density at radius 2 is 1.04 bits per heavy atom. The van der Waals surface area contributed by atoms with Crippen molar-refractivity contribution in [2.75, 3.05) is 26.4 Å². The summed E-state index contributed by atoms with van der Waals surface area (Å²) in [6.45, 7) is 6.43. The van der Waals surface area contributed by atoms with Gasteiger partial charge in [-0.1, -0.05) is 0 Å². The fraction of sp³-hybridized carbons (Fsp3) is 0.400. The van der Waals surface area contributed by atoms with Crippen LogP contribution in [-0.4, -0.2) is 26.4 Å². The predicted molar refractivity (Wildman–Crippen MR) is 104 cm³/mol. The SMILES string of the molecule is CC1(c2ccc(-c3ccc(-c4ccc(C5(C)OCCO5)s4)o3)s2)OCCO1. The zero-order valence-corrected chi connectivity index (χ0v) is 16.8. The van der Waals surface area contributed by atoms with Crippen molar-refractivity contribution in [3.8, 4) is 21.3 Å². The molecule has 0 amide bonds. The summed E-state index contributed by atoms with van der Waals surface area (Å²) in [5.41, 5.74) is 0. The topological polar surface area (TPSA) is 50.1 Å². The van der Waals surface area contributed by atoms with Gasteiger partial charge >= 0.3 is 0 Å². The van der Waals surface area contributed by atoms with Gasteiger partial charge in [0.2, 0.25) is 11.6 Å². The molecule has 2 aliphatic heterocycles. The average molecular weight is 405 g/mol. The standard InChI is InChI=1S/C20H20O5S2/c1-19(21-9-10-22-19)17-7-5-15(26-17)13-3-4-14(25-13)16-6-8-18(27-16)20(2)23-11-12-24-20/h3-8H,9-12H2,1-2H3. The van der Waals surface area contributed by atoms with E-state index in [0.29, 0.717) is 26.4 Å². The van der Waals surface area contributed by atoms with E-state index in [1.54, 1.807) is 22.7 Å². The van der Waals surface area contributed by atoms with E-state index in [-0.39, 0.29) is 0 Å². The van der Waals surface area contributed by atoms with Gasteiger partial charge in [0, 0.05) is 0 Å². The van der Waals surface area contributed by atoms with Crippen LogP contribution in [0.15, 0.2) is 40.8 Å². The summed E-state index contributed by atoms with van der Waals surface area (Å²) >= 11 is 3.27. The monoisotopic (exact) mass is 404 g/mol. The van der Waals surface area contributed by atoms with Crippen molar-refractivity contribution in [3.63, 3.8) is 0 Å². The van der Waals surface area contributed by atoms with Crippen LogP contribution >= 0.6 is 22.7 Å². The van der Waals surface area contributed by atoms with Gasteiger partial charge in [0.1, 0.15) is 11.5 Å². The minimum atomic E-state index is -0.641. The summed E-state index contributed by atoms with van der Waals surface area (Å²) < 4.78 is 29.1. The minimum Gasteiger partial charge on any atom is -0.454 e. The molecule has 0 N–H and O–H groups in total. The molecule has 0 bridgehead atoms. The first-order valence-corrected chi connectivity index (χ1v) is 10.6. The zero-order valence-electron chi connectivity index (χ0n) is 15.2. The molecular formula is C20H20O5S2. The lowest BCUT2D eigenvalue weighted by Gasteiger charge is -2.20. The summed E-state index contributed by atoms with van der Waals surface area (Å²) in [6.07, 6.45) is 0. The Morgan fingerprint density at radius 1 is 0.630 bits per heavy atom. The third-order valence-corrected chi connectivity index (χ3v) is 7.44. The first-order valence-electron chi connectivity index (χ1n) is 8.93. The number of hydrogen-bond donors (Lipinski definition) is 0. The van der Waals surface area contributed by atoms with Gasteiger partial charge in [-0.05, 0) is 50.2 Å². The van der Waals surface area contributed by atoms with Crippen molar-refractivity contribution < 1.29 is 23.4 Å². The van der Waals surface area contributed by atoms with E-state index in [2.05, 4.69) is 12.1 Å². The molecule has 0 radical (unpaired) electrons. The molecule has 0 atom stereocenters. The molecule has 5 rings (SSSR count). The van der Waals surface area contributed by atoms with E-state index in [9.17, 15) is 0 Å². The van der Waals surface area contributed by atoms with E-state index >= 15 is 0 Å². The highest BCUT2D eigenvalue weighted by Crippen LogP contribution is 2.42. The van der Waals surface area contributed by atoms with E-state index in [4.69, 9.17) is 23.4 Å². The van der Waals surface area contributed by atoms with E-state index < -0.39 is 11.6 Å². The highest BCUT2D eigenvalue weighted by molar-refractivity contribution is 7.16. The average Bonchev–Trinajstić information content (AvgIpc) is 3.43. The van der Waals surface area contributed by atoms with Gasteiger partial charge < -0.3 is 23.4 Å². The molecular weight excluding hydrogens is 384 g/mol. The molecule has 27 heavy (non-hydrogen) atoms. The third kappa shape index (κ3) is 3.08. The Balaban J connectivity index is 1.39. The molecule has 0 saturated carbocycles. The zero-order chi connectivity index (χ0) is 18.5. The van der Waals surface area contributed by atoms with Crippen LogP contribution in [0.25, 0.3) is 21.3 Å². The molecule has 3 aromatic heterocycles. The number of thiophene rings is 2. The maximum atomic E-state index is 6.13. The highest BCUT2D eigenvalue weighted by atomic mass is 32.1. The number of hydrogen-bond acceptors (Lipinski definition) is 7. The van der Waals surface area contributed by atoms with Crippen LogP contribution in [0.3, 0.4) is 0 Å². The summed E-state index contributed by atoms with van der Waals surface area (Å²) in [5, 5.41) is 0. The molecule has 0 aromatic carbocycles. The number of furan rings is 1. The molecule has 2 aliphatic rings. The van der Waals surface area contributed by atoms with Crippen molar-refractivity contribution in [1.82, 2.24) is 0 Å². The first-order chi connectivity index (χ1) is 13.1. The summed E-state index contributed by atoms with van der Waals surface area (Å²) in [7, 11) is 0. The molecule has 142 valence electrons. The van der Waals surface area contributed by atoms with E-state index in [1.807, 2.05) is 38.1 Å². The highest BCUT2D eigenvalue weighted by Gasteiger charge is 2.36. The maximum Gasteiger partial charge on any atom is 0.201 e. The van der Waals surface area contributed by atoms with Gasteiger partial charge in [-0.25, -0.2) is 0 Å². The quantitative estimate of drug-likeness (QED) is 0.600. The van der Waals surface area contributed by atoms with Gasteiger partial charge in [-0.15, -0.1) is 22.7 Å². The van der Waals surface area contributed by atoms with Crippen molar-refractivity contribution in [2.45, 2.75) is 25.4 Å². The normalized spacial score (nSPS) is 21.1. The Kier molecular flexibility index (Phi) is 4.27. The second-order valence-corrected chi connectivity index (χ2v) is 8.94. The smallest absolute Gasteiger partial charge is 0.201 e. The van der Waals surface area contributed by atoms with Crippen LogP contribution in [0, 0.1) is 0 Å². The molecule has 5 nitrogen and oxygen atoms in total. The molecule has 2 saturated heterocycles. The molecule has 0 aliphatic carbocycles. The Hall–Kier alpha value is -1.48. The fourth-order valence-corrected chi connectivity index (χ4v) is 5.39. The van der Waals surface area contributed by atoms with E-state index in [0.717, 1.165) is 31.0 Å². The van der Waals surface area contributed by atoms with Crippen molar-refractivity contribution >= 4 is 22.7 Å². The van der Waals surface area contributed by atoms with Crippen molar-refractivity contribution in [3.05, 3.63) is 46.2 Å². The third-order valence-electron chi connectivity index (χ3n) is 4.88. The van der Waals surface area contributed by atoms with Gasteiger partial charge in [0.05, 0.1) is 45.9 Å². The first kappa shape index (κ1) is 17.6. The summed E-state index contributed by atoms with van der Waals surface area (Å²) in [5.74, 6) is 0.407. The number of rotatable bonds is 4. The number of ether oxygens (including phenoxy) is 4. The molecule has 3 aromatic rings. The van der Waals surface area contributed by atoms with Crippen LogP contribution in [0.1, 0.15) is 23.6 Å². The Morgan fingerprint density at radius 3 is 1.44 bits per heavy atom. The Bertz CT molecular complexity index is 866. The summed E-state index contributed by atoms with van der Waals surface area (Å²) in [6, 6.07) is 12.2. The molecule has 0 spiro atoms. The second-order valence-electron chi connectivity index (χ2n) is 6.78. The maximum absolute atomic E-state index is 6.13. The molecule has 7 heteroatoms. The van der Waals surface area contributed by atoms with Crippen LogP contribution in [0.2, 0.25) is 0 Å². The van der Waals surface area contributed by atoms with Gasteiger partial charge in [0.15, 0.2) is 0 Å². The lowest BCUT2D eigenvalue weighted by molar-refractivity contribution is -0.147. The lowest BCUT2D eigenvalue weighted by atomic mass is 10.2. The lowest BCUT2D eigenvalue weighted by Crippen LogP contribution is -2.20. The molecule has 2 fully saturated rings. The van der Waals surface area contributed by atoms with Gasteiger partial charge in [-0.3, -0.25) is 0 Å². The molecule has 5 heterocycles. The van der Waals surface area contributed by atoms with Crippen LogP contribution in [0.5, 0.6) is 0 Å². The largest absolute Gasteiger partial charge is 0.454 e.